The predicted octanol–water partition coefficient (Wildman–Crippen LogP) is 4.38. The standard InChI is InChI=1S/C28H32Cl2N4O4S/c1-4-31-28(36)26(18-21-12-7-5-8-13-21)33(19-23-24(29)16-11-17-25(23)30)27(35)20-34(39(37,38)32(2)3)22-14-9-6-10-15-22/h5-17,26H,4,18-20H2,1-3H3,(H,31,36)/t26-/m1/s1. The maximum atomic E-state index is 14.1. The number of hydrogen-bond donors (Lipinski definition) is 1. The first-order valence-corrected chi connectivity index (χ1v) is 14.5. The van der Waals surface area contributed by atoms with Gasteiger partial charge in [-0.3, -0.25) is 9.59 Å². The lowest BCUT2D eigenvalue weighted by Crippen LogP contribution is -2.54. The molecule has 1 N–H and O–H groups in total. The van der Waals surface area contributed by atoms with Gasteiger partial charge in [0.2, 0.25) is 11.8 Å². The highest BCUT2D eigenvalue weighted by atomic mass is 35.5. The number of amides is 2. The minimum Gasteiger partial charge on any atom is -0.355 e. The molecule has 0 spiro atoms. The Morgan fingerprint density at radius 3 is 1.97 bits per heavy atom. The number of carbonyl (C=O) groups excluding carboxylic acids is 2. The molecule has 8 nitrogen and oxygen atoms in total. The Kier molecular flexibility index (Phi) is 10.8. The zero-order valence-corrected chi connectivity index (χ0v) is 24.4. The molecular formula is C28H32Cl2N4O4S. The van der Waals surface area contributed by atoms with E-state index in [9.17, 15) is 18.0 Å². The number of para-hydroxylation sites is 1. The van der Waals surface area contributed by atoms with Crippen LogP contribution in [0.25, 0.3) is 0 Å². The largest absolute Gasteiger partial charge is 0.355 e. The number of hydrogen-bond acceptors (Lipinski definition) is 4. The summed E-state index contributed by atoms with van der Waals surface area (Å²) in [6.07, 6.45) is 0.201. The average Bonchev–Trinajstić information content (AvgIpc) is 2.91. The molecular weight excluding hydrogens is 559 g/mol. The molecule has 0 unspecified atom stereocenters. The summed E-state index contributed by atoms with van der Waals surface area (Å²) in [6, 6.07) is 21.6. The third-order valence-electron chi connectivity index (χ3n) is 6.08. The molecule has 0 aliphatic carbocycles. The minimum atomic E-state index is -4.06. The Morgan fingerprint density at radius 1 is 0.872 bits per heavy atom. The van der Waals surface area contributed by atoms with E-state index in [1.165, 1.54) is 19.0 Å². The van der Waals surface area contributed by atoms with E-state index in [1.54, 1.807) is 55.5 Å². The topological polar surface area (TPSA) is 90.0 Å². The van der Waals surface area contributed by atoms with Gasteiger partial charge in [-0.2, -0.15) is 12.7 Å². The van der Waals surface area contributed by atoms with Gasteiger partial charge in [0.25, 0.3) is 0 Å². The normalized spacial score (nSPS) is 12.2. The van der Waals surface area contributed by atoms with Gasteiger partial charge in [0.1, 0.15) is 12.6 Å². The second-order valence-electron chi connectivity index (χ2n) is 8.95. The van der Waals surface area contributed by atoms with Crippen LogP contribution in [-0.2, 0) is 32.8 Å². The van der Waals surface area contributed by atoms with Crippen LogP contribution in [0.4, 0.5) is 5.69 Å². The Morgan fingerprint density at radius 2 is 1.44 bits per heavy atom. The summed E-state index contributed by atoms with van der Waals surface area (Å²) in [5.74, 6) is -0.966. The Bertz CT molecular complexity index is 1350. The zero-order valence-electron chi connectivity index (χ0n) is 22.1. The molecule has 0 aliphatic rings. The third-order valence-corrected chi connectivity index (χ3v) is 8.60. The van der Waals surface area contributed by atoms with Crippen molar-refractivity contribution in [2.75, 3.05) is 31.5 Å². The van der Waals surface area contributed by atoms with Crippen molar-refractivity contribution in [3.8, 4) is 0 Å². The molecule has 0 saturated heterocycles. The number of carbonyl (C=O) groups is 2. The summed E-state index contributed by atoms with van der Waals surface area (Å²) in [5, 5.41) is 3.47. The molecule has 2 amide bonds. The summed E-state index contributed by atoms with van der Waals surface area (Å²) < 4.78 is 28.7. The van der Waals surface area contributed by atoms with Gasteiger partial charge in [0.15, 0.2) is 0 Å². The number of rotatable bonds is 12. The molecule has 1 atom stereocenters. The van der Waals surface area contributed by atoms with Gasteiger partial charge in [0, 0.05) is 49.2 Å². The second-order valence-corrected chi connectivity index (χ2v) is 11.8. The summed E-state index contributed by atoms with van der Waals surface area (Å²) >= 11 is 12.9. The van der Waals surface area contributed by atoms with Crippen molar-refractivity contribution < 1.29 is 18.0 Å². The summed E-state index contributed by atoms with van der Waals surface area (Å²) in [6.45, 7) is 1.49. The van der Waals surface area contributed by atoms with Gasteiger partial charge in [-0.25, -0.2) is 4.31 Å². The number of halogens is 2. The molecule has 0 saturated carbocycles. The number of benzene rings is 3. The summed E-state index contributed by atoms with van der Waals surface area (Å²) in [5.41, 5.74) is 1.60. The first kappa shape index (κ1) is 30.4. The van der Waals surface area contributed by atoms with Crippen molar-refractivity contribution in [1.29, 1.82) is 0 Å². The van der Waals surface area contributed by atoms with Crippen LogP contribution in [0, 0.1) is 0 Å². The van der Waals surface area contributed by atoms with Crippen molar-refractivity contribution in [3.05, 3.63) is 100 Å². The fourth-order valence-corrected chi connectivity index (χ4v) is 5.58. The van der Waals surface area contributed by atoms with E-state index in [2.05, 4.69) is 5.32 Å². The highest BCUT2D eigenvalue weighted by molar-refractivity contribution is 7.90. The van der Waals surface area contributed by atoms with Crippen LogP contribution in [0.3, 0.4) is 0 Å². The van der Waals surface area contributed by atoms with Crippen LogP contribution < -0.4 is 9.62 Å². The highest BCUT2D eigenvalue weighted by Gasteiger charge is 2.35. The van der Waals surface area contributed by atoms with Crippen LogP contribution in [-0.4, -0.2) is 62.7 Å². The molecule has 0 radical (unpaired) electrons. The van der Waals surface area contributed by atoms with E-state index in [1.807, 2.05) is 30.3 Å². The second kappa shape index (κ2) is 13.8. The molecule has 208 valence electrons. The first-order chi connectivity index (χ1) is 18.6. The van der Waals surface area contributed by atoms with Crippen molar-refractivity contribution in [2.24, 2.45) is 0 Å². The van der Waals surface area contributed by atoms with E-state index in [0.29, 0.717) is 27.8 Å². The Labute approximate surface area is 240 Å². The van der Waals surface area contributed by atoms with Crippen LogP contribution in [0.5, 0.6) is 0 Å². The minimum absolute atomic E-state index is 0.101. The fourth-order valence-electron chi connectivity index (χ4n) is 4.01. The number of likely N-dealkylation sites (N-methyl/N-ethyl adjacent to an activating group) is 1. The Balaban J connectivity index is 2.11. The maximum absolute atomic E-state index is 14.1. The number of nitrogens with one attached hydrogen (secondary N) is 1. The molecule has 0 aliphatic heterocycles. The van der Waals surface area contributed by atoms with Gasteiger partial charge in [-0.05, 0) is 36.8 Å². The highest BCUT2D eigenvalue weighted by Crippen LogP contribution is 2.28. The molecule has 0 heterocycles. The summed E-state index contributed by atoms with van der Waals surface area (Å²) in [4.78, 5) is 28.9. The van der Waals surface area contributed by atoms with E-state index in [4.69, 9.17) is 23.2 Å². The molecule has 0 fully saturated rings. The van der Waals surface area contributed by atoms with Crippen LogP contribution in [0.2, 0.25) is 10.0 Å². The van der Waals surface area contributed by atoms with E-state index < -0.39 is 28.7 Å². The molecule has 0 aromatic heterocycles. The molecule has 3 aromatic rings. The smallest absolute Gasteiger partial charge is 0.304 e. The average molecular weight is 592 g/mol. The van der Waals surface area contributed by atoms with Crippen molar-refractivity contribution in [2.45, 2.75) is 25.9 Å². The van der Waals surface area contributed by atoms with Gasteiger partial charge in [0.05, 0.1) is 5.69 Å². The van der Waals surface area contributed by atoms with E-state index >= 15 is 0 Å². The van der Waals surface area contributed by atoms with Gasteiger partial charge in [-0.1, -0.05) is 77.8 Å². The van der Waals surface area contributed by atoms with Crippen molar-refractivity contribution in [1.82, 2.24) is 14.5 Å². The lowest BCUT2D eigenvalue weighted by molar-refractivity contribution is -0.140. The lowest BCUT2D eigenvalue weighted by atomic mass is 10.0. The van der Waals surface area contributed by atoms with Crippen LogP contribution in [0.15, 0.2) is 78.9 Å². The quantitative estimate of drug-likeness (QED) is 0.339. The predicted molar refractivity (Wildman–Crippen MR) is 156 cm³/mol. The monoisotopic (exact) mass is 590 g/mol. The number of anilines is 1. The van der Waals surface area contributed by atoms with Gasteiger partial charge in [-0.15, -0.1) is 0 Å². The first-order valence-electron chi connectivity index (χ1n) is 12.4. The van der Waals surface area contributed by atoms with Crippen LogP contribution >= 0.6 is 23.2 Å². The maximum Gasteiger partial charge on any atom is 0.304 e. The summed E-state index contributed by atoms with van der Waals surface area (Å²) in [7, 11) is -1.27. The molecule has 11 heteroatoms. The fraction of sp³-hybridized carbons (Fsp3) is 0.286. The molecule has 0 bridgehead atoms. The zero-order chi connectivity index (χ0) is 28.6. The SMILES string of the molecule is CCNC(=O)[C@@H](Cc1ccccc1)N(Cc1c(Cl)cccc1Cl)C(=O)CN(c1ccccc1)S(=O)(=O)N(C)C. The third kappa shape index (κ3) is 7.73. The van der Waals surface area contributed by atoms with E-state index in [0.717, 1.165) is 14.2 Å². The molecule has 3 aromatic carbocycles. The van der Waals surface area contributed by atoms with Crippen LogP contribution in [0.1, 0.15) is 18.1 Å². The number of nitrogens with zero attached hydrogens (tertiary/aromatic N) is 3. The molecule has 3 rings (SSSR count). The Hall–Kier alpha value is -3.11. The van der Waals surface area contributed by atoms with Crippen molar-refractivity contribution in [3.63, 3.8) is 0 Å². The van der Waals surface area contributed by atoms with E-state index in [-0.39, 0.29) is 18.9 Å². The van der Waals surface area contributed by atoms with Gasteiger partial charge < -0.3 is 10.2 Å². The van der Waals surface area contributed by atoms with Crippen molar-refractivity contribution >= 4 is 50.9 Å². The lowest BCUT2D eigenvalue weighted by Gasteiger charge is -2.34. The van der Waals surface area contributed by atoms with Gasteiger partial charge >= 0.3 is 10.2 Å². The molecule has 39 heavy (non-hydrogen) atoms.